The fraction of sp³-hybridized carbons (Fsp3) is 0.900. The second-order valence-electron chi connectivity index (χ2n) is 7.33. The molecule has 0 aromatic heterocycles. The number of ether oxygens (including phenoxy) is 2. The Morgan fingerprint density at radius 1 is 1.04 bits per heavy atom. The highest BCUT2D eigenvalue weighted by atomic mass is 16.5. The van der Waals surface area contributed by atoms with Crippen molar-refractivity contribution in [3.8, 4) is 0 Å². The molecular formula is C20H36O6. The number of hydrogen-bond acceptors (Lipinski definition) is 4. The van der Waals surface area contributed by atoms with Gasteiger partial charge in [-0.05, 0) is 25.7 Å². The van der Waals surface area contributed by atoms with E-state index in [1.54, 1.807) is 0 Å². The molecule has 6 nitrogen and oxygen atoms in total. The van der Waals surface area contributed by atoms with Crippen molar-refractivity contribution >= 4 is 11.9 Å². The predicted octanol–water partition coefficient (Wildman–Crippen LogP) is 4.11. The lowest BCUT2D eigenvalue weighted by Gasteiger charge is -2.43. The van der Waals surface area contributed by atoms with E-state index < -0.39 is 29.4 Å². The van der Waals surface area contributed by atoms with Crippen molar-refractivity contribution in [3.05, 3.63) is 0 Å². The number of rotatable bonds is 14. The molecule has 1 fully saturated rings. The average Bonchev–Trinajstić information content (AvgIpc) is 2.62. The molecule has 3 atom stereocenters. The molecule has 1 rings (SSSR count). The van der Waals surface area contributed by atoms with Crippen LogP contribution in [0.3, 0.4) is 0 Å². The number of carboxylic acids is 2. The number of aliphatic carboxylic acids is 2. The molecule has 0 aliphatic heterocycles. The second kappa shape index (κ2) is 12.3. The van der Waals surface area contributed by atoms with Crippen LogP contribution < -0.4 is 0 Å². The molecule has 0 bridgehead atoms. The minimum absolute atomic E-state index is 0.138. The van der Waals surface area contributed by atoms with Crippen LogP contribution in [0.25, 0.3) is 0 Å². The third-order valence-corrected chi connectivity index (χ3v) is 5.41. The molecule has 0 spiro atoms. The number of carboxylic acid groups (broad SMARTS) is 2. The molecular weight excluding hydrogens is 336 g/mol. The summed E-state index contributed by atoms with van der Waals surface area (Å²) < 4.78 is 11.6. The highest BCUT2D eigenvalue weighted by molar-refractivity contribution is 5.84. The van der Waals surface area contributed by atoms with E-state index in [0.717, 1.165) is 38.5 Å². The third kappa shape index (κ3) is 6.23. The van der Waals surface area contributed by atoms with E-state index in [1.807, 2.05) is 6.92 Å². The Balaban J connectivity index is 2.87. The van der Waals surface area contributed by atoms with Crippen LogP contribution in [0.5, 0.6) is 0 Å². The lowest BCUT2D eigenvalue weighted by Crippen LogP contribution is -2.55. The Morgan fingerprint density at radius 3 is 2.38 bits per heavy atom. The molecule has 1 aliphatic rings. The Labute approximate surface area is 157 Å². The van der Waals surface area contributed by atoms with Crippen molar-refractivity contribution in [1.29, 1.82) is 0 Å². The van der Waals surface area contributed by atoms with Crippen molar-refractivity contribution < 1.29 is 29.3 Å². The molecule has 6 heteroatoms. The maximum absolute atomic E-state index is 12.2. The highest BCUT2D eigenvalue weighted by Gasteiger charge is 2.56. The number of carbonyl (C=O) groups is 2. The summed E-state index contributed by atoms with van der Waals surface area (Å²) in [4.78, 5) is 24.0. The fourth-order valence-corrected chi connectivity index (χ4v) is 3.93. The zero-order chi connectivity index (χ0) is 19.4. The maximum Gasteiger partial charge on any atom is 0.313 e. The molecule has 2 N–H and O–H groups in total. The van der Waals surface area contributed by atoms with Gasteiger partial charge in [0.25, 0.3) is 0 Å². The Morgan fingerprint density at radius 2 is 1.77 bits per heavy atom. The van der Waals surface area contributed by atoms with Crippen molar-refractivity contribution in [2.75, 3.05) is 19.8 Å². The Hall–Kier alpha value is -1.14. The molecule has 152 valence electrons. The lowest BCUT2D eigenvalue weighted by molar-refractivity contribution is -0.187. The normalized spacial score (nSPS) is 24.3. The van der Waals surface area contributed by atoms with Crippen molar-refractivity contribution in [1.82, 2.24) is 0 Å². The van der Waals surface area contributed by atoms with Gasteiger partial charge >= 0.3 is 11.9 Å². The van der Waals surface area contributed by atoms with Crippen LogP contribution in [-0.4, -0.2) is 48.1 Å². The SMILES string of the molecule is CCCCCCCOC(COCCC)C1(C(=O)O)CCCCC1C(=O)O. The summed E-state index contributed by atoms with van der Waals surface area (Å²) in [5.41, 5.74) is -1.40. The zero-order valence-electron chi connectivity index (χ0n) is 16.4. The van der Waals surface area contributed by atoms with E-state index in [-0.39, 0.29) is 6.61 Å². The van der Waals surface area contributed by atoms with Gasteiger partial charge in [-0.25, -0.2) is 0 Å². The monoisotopic (exact) mass is 372 g/mol. The van der Waals surface area contributed by atoms with Gasteiger partial charge in [-0.15, -0.1) is 0 Å². The molecule has 26 heavy (non-hydrogen) atoms. The highest BCUT2D eigenvalue weighted by Crippen LogP contribution is 2.46. The molecule has 0 aromatic carbocycles. The second-order valence-corrected chi connectivity index (χ2v) is 7.33. The largest absolute Gasteiger partial charge is 0.481 e. The van der Waals surface area contributed by atoms with E-state index in [9.17, 15) is 19.8 Å². The molecule has 0 amide bonds. The first-order chi connectivity index (χ1) is 12.5. The quantitative estimate of drug-likeness (QED) is 0.446. The van der Waals surface area contributed by atoms with E-state index in [0.29, 0.717) is 32.5 Å². The Kier molecular flexibility index (Phi) is 10.8. The molecule has 0 radical (unpaired) electrons. The number of hydrogen-bond donors (Lipinski definition) is 2. The predicted molar refractivity (Wildman–Crippen MR) is 99.3 cm³/mol. The minimum atomic E-state index is -1.40. The van der Waals surface area contributed by atoms with Gasteiger partial charge < -0.3 is 19.7 Å². The van der Waals surface area contributed by atoms with Crippen LogP contribution in [0.15, 0.2) is 0 Å². The van der Waals surface area contributed by atoms with Crippen molar-refractivity contribution in [3.63, 3.8) is 0 Å². The summed E-state index contributed by atoms with van der Waals surface area (Å²) in [6, 6.07) is 0. The van der Waals surface area contributed by atoms with Crippen LogP contribution in [0.4, 0.5) is 0 Å². The van der Waals surface area contributed by atoms with E-state index in [4.69, 9.17) is 9.47 Å². The van der Waals surface area contributed by atoms with Crippen LogP contribution in [0.2, 0.25) is 0 Å². The summed E-state index contributed by atoms with van der Waals surface area (Å²) >= 11 is 0. The maximum atomic E-state index is 12.2. The van der Waals surface area contributed by atoms with Crippen LogP contribution in [0, 0.1) is 11.3 Å². The van der Waals surface area contributed by atoms with E-state index >= 15 is 0 Å². The van der Waals surface area contributed by atoms with Gasteiger partial charge in [0, 0.05) is 13.2 Å². The first kappa shape index (κ1) is 22.9. The molecule has 1 aliphatic carbocycles. The first-order valence-corrected chi connectivity index (χ1v) is 10.2. The summed E-state index contributed by atoms with van der Waals surface area (Å²) in [6.45, 7) is 5.24. The average molecular weight is 373 g/mol. The van der Waals surface area contributed by atoms with Crippen molar-refractivity contribution in [2.45, 2.75) is 84.2 Å². The van der Waals surface area contributed by atoms with Crippen LogP contribution in [-0.2, 0) is 19.1 Å². The topological polar surface area (TPSA) is 93.1 Å². The van der Waals surface area contributed by atoms with Gasteiger partial charge in [-0.2, -0.15) is 0 Å². The van der Waals surface area contributed by atoms with Gasteiger partial charge in [0.15, 0.2) is 0 Å². The lowest BCUT2D eigenvalue weighted by atomic mass is 9.63. The summed E-state index contributed by atoms with van der Waals surface area (Å²) in [7, 11) is 0. The zero-order valence-corrected chi connectivity index (χ0v) is 16.4. The smallest absolute Gasteiger partial charge is 0.313 e. The third-order valence-electron chi connectivity index (χ3n) is 5.41. The van der Waals surface area contributed by atoms with Gasteiger partial charge in [-0.1, -0.05) is 52.4 Å². The molecule has 0 heterocycles. The van der Waals surface area contributed by atoms with Gasteiger partial charge in [0.05, 0.1) is 18.6 Å². The molecule has 1 saturated carbocycles. The number of unbranched alkanes of at least 4 members (excludes halogenated alkanes) is 4. The van der Waals surface area contributed by atoms with Crippen LogP contribution >= 0.6 is 0 Å². The first-order valence-electron chi connectivity index (χ1n) is 10.2. The summed E-state index contributed by atoms with van der Waals surface area (Å²) in [6.07, 6.45) is 7.65. The van der Waals surface area contributed by atoms with Gasteiger partial charge in [-0.3, -0.25) is 9.59 Å². The molecule has 0 aromatic rings. The fourth-order valence-electron chi connectivity index (χ4n) is 3.93. The summed E-state index contributed by atoms with van der Waals surface area (Å²) in [5.74, 6) is -3.04. The molecule has 3 unspecified atom stereocenters. The standard InChI is InChI=1S/C20H36O6/c1-3-5-6-7-10-14-26-17(15-25-13-4-2)20(19(23)24)12-9-8-11-16(20)18(21)22/h16-17H,3-15H2,1-2H3,(H,21,22)(H,23,24). The Bertz CT molecular complexity index is 425. The van der Waals surface area contributed by atoms with E-state index in [1.165, 1.54) is 6.42 Å². The van der Waals surface area contributed by atoms with Gasteiger partial charge in [0.1, 0.15) is 5.41 Å². The van der Waals surface area contributed by atoms with Crippen LogP contribution in [0.1, 0.15) is 78.1 Å². The van der Waals surface area contributed by atoms with E-state index in [2.05, 4.69) is 6.92 Å². The molecule has 0 saturated heterocycles. The minimum Gasteiger partial charge on any atom is -0.481 e. The van der Waals surface area contributed by atoms with Crippen molar-refractivity contribution in [2.24, 2.45) is 11.3 Å². The van der Waals surface area contributed by atoms with Gasteiger partial charge in [0.2, 0.25) is 0 Å². The summed E-state index contributed by atoms with van der Waals surface area (Å²) in [5, 5.41) is 19.7.